The largest absolute Gasteiger partial charge is 0.426 e. The minimum absolute atomic E-state index is 0.154. The maximum absolute atomic E-state index is 12.9. The second-order valence-corrected chi connectivity index (χ2v) is 8.15. The van der Waals surface area contributed by atoms with Crippen molar-refractivity contribution in [2.75, 3.05) is 18.4 Å². The van der Waals surface area contributed by atoms with E-state index >= 15 is 0 Å². The minimum atomic E-state index is -4.31. The SMILES string of the molecule is Cc1c(CNCCCNc2nc3cscc3[nH]2)sc(C(F)(F)F)c1Br. The molecule has 0 aliphatic rings. The van der Waals surface area contributed by atoms with E-state index in [4.69, 9.17) is 0 Å². The first-order chi connectivity index (χ1) is 11.9. The van der Waals surface area contributed by atoms with E-state index in [1.807, 2.05) is 10.8 Å². The molecule has 0 aliphatic carbocycles. The van der Waals surface area contributed by atoms with Gasteiger partial charge in [0.15, 0.2) is 0 Å². The van der Waals surface area contributed by atoms with Gasteiger partial charge in [0.2, 0.25) is 5.95 Å². The molecule has 0 aliphatic heterocycles. The van der Waals surface area contributed by atoms with E-state index in [0.29, 0.717) is 23.5 Å². The van der Waals surface area contributed by atoms with Crippen molar-refractivity contribution in [1.29, 1.82) is 0 Å². The summed E-state index contributed by atoms with van der Waals surface area (Å²) in [6.45, 7) is 3.57. The van der Waals surface area contributed by atoms with Crippen LogP contribution in [0.15, 0.2) is 15.2 Å². The highest BCUT2D eigenvalue weighted by molar-refractivity contribution is 9.10. The molecule has 0 bridgehead atoms. The average Bonchev–Trinajstić information content (AvgIpc) is 3.18. The lowest BCUT2D eigenvalue weighted by atomic mass is 10.2. The third kappa shape index (κ3) is 4.36. The van der Waals surface area contributed by atoms with Gasteiger partial charge in [0.25, 0.3) is 0 Å². The number of nitrogens with zero attached hydrogens (tertiary/aromatic N) is 1. The van der Waals surface area contributed by atoms with Crippen molar-refractivity contribution in [2.45, 2.75) is 26.1 Å². The van der Waals surface area contributed by atoms with Crippen LogP contribution in [0.5, 0.6) is 0 Å². The number of thiophene rings is 2. The number of hydrogen-bond acceptors (Lipinski definition) is 5. The van der Waals surface area contributed by atoms with E-state index in [1.54, 1.807) is 18.3 Å². The van der Waals surface area contributed by atoms with Gasteiger partial charge in [0, 0.05) is 33.2 Å². The highest BCUT2D eigenvalue weighted by atomic mass is 79.9. The van der Waals surface area contributed by atoms with Gasteiger partial charge in [-0.25, -0.2) is 4.98 Å². The van der Waals surface area contributed by atoms with Crippen LogP contribution in [0.2, 0.25) is 0 Å². The summed E-state index contributed by atoms with van der Waals surface area (Å²) in [6.07, 6.45) is -3.47. The summed E-state index contributed by atoms with van der Waals surface area (Å²) in [4.78, 5) is 7.72. The third-order valence-corrected chi connectivity index (χ3v) is 6.99. The molecule has 25 heavy (non-hydrogen) atoms. The van der Waals surface area contributed by atoms with Crippen LogP contribution in [0.25, 0.3) is 11.0 Å². The Labute approximate surface area is 159 Å². The van der Waals surface area contributed by atoms with E-state index in [-0.39, 0.29) is 4.47 Å². The zero-order valence-electron chi connectivity index (χ0n) is 13.3. The number of aromatic nitrogens is 2. The van der Waals surface area contributed by atoms with Crippen molar-refractivity contribution in [2.24, 2.45) is 0 Å². The zero-order valence-corrected chi connectivity index (χ0v) is 16.5. The quantitative estimate of drug-likeness (QED) is 0.422. The van der Waals surface area contributed by atoms with Crippen molar-refractivity contribution in [3.8, 4) is 0 Å². The fraction of sp³-hybridized carbons (Fsp3) is 0.400. The molecule has 0 spiro atoms. The first kappa shape index (κ1) is 18.7. The predicted molar refractivity (Wildman–Crippen MR) is 101 cm³/mol. The number of nitrogens with one attached hydrogen (secondary N) is 3. The second-order valence-electron chi connectivity index (χ2n) is 5.50. The summed E-state index contributed by atoms with van der Waals surface area (Å²) in [6, 6.07) is 0. The fourth-order valence-electron chi connectivity index (χ4n) is 2.34. The highest BCUT2D eigenvalue weighted by Gasteiger charge is 2.36. The summed E-state index contributed by atoms with van der Waals surface area (Å²) in [5, 5.41) is 10.4. The molecule has 0 atom stereocenters. The number of fused-ring (bicyclic) bond motifs is 1. The first-order valence-corrected chi connectivity index (χ1v) is 10.1. The Balaban J connectivity index is 1.42. The molecular weight excluding hydrogens is 437 g/mol. The molecule has 0 amide bonds. The number of hydrogen-bond donors (Lipinski definition) is 3. The Kier molecular flexibility index (Phi) is 5.71. The van der Waals surface area contributed by atoms with Crippen LogP contribution >= 0.6 is 38.6 Å². The van der Waals surface area contributed by atoms with Crippen LogP contribution in [0.1, 0.15) is 21.7 Å². The van der Waals surface area contributed by atoms with Crippen molar-refractivity contribution >= 4 is 55.6 Å². The Morgan fingerprint density at radius 2 is 2.08 bits per heavy atom. The van der Waals surface area contributed by atoms with Gasteiger partial charge < -0.3 is 15.6 Å². The molecule has 10 heteroatoms. The molecule has 0 saturated carbocycles. The Morgan fingerprint density at radius 1 is 1.28 bits per heavy atom. The molecule has 0 saturated heterocycles. The van der Waals surface area contributed by atoms with E-state index in [2.05, 4.69) is 36.5 Å². The van der Waals surface area contributed by atoms with Crippen LogP contribution in [0.3, 0.4) is 0 Å². The molecule has 136 valence electrons. The molecule has 4 nitrogen and oxygen atoms in total. The Hall–Kier alpha value is -1.10. The van der Waals surface area contributed by atoms with Crippen LogP contribution in [0, 0.1) is 6.92 Å². The molecule has 0 aromatic carbocycles. The summed E-state index contributed by atoms with van der Waals surface area (Å²) in [7, 11) is 0. The van der Waals surface area contributed by atoms with Gasteiger partial charge in [-0.1, -0.05) is 0 Å². The third-order valence-electron chi connectivity index (χ3n) is 3.66. The highest BCUT2D eigenvalue weighted by Crippen LogP contribution is 2.43. The van der Waals surface area contributed by atoms with Crippen molar-refractivity contribution in [1.82, 2.24) is 15.3 Å². The van der Waals surface area contributed by atoms with Crippen LogP contribution < -0.4 is 10.6 Å². The van der Waals surface area contributed by atoms with Crippen LogP contribution in [0.4, 0.5) is 19.1 Å². The summed E-state index contributed by atoms with van der Waals surface area (Å²) in [5.74, 6) is 0.741. The van der Waals surface area contributed by atoms with Gasteiger partial charge in [0.05, 0.1) is 5.52 Å². The van der Waals surface area contributed by atoms with Gasteiger partial charge in [-0.05, 0) is 41.4 Å². The normalized spacial score (nSPS) is 12.2. The molecule has 3 aromatic rings. The molecule has 0 fully saturated rings. The molecular formula is C15H16BrF3N4S2. The monoisotopic (exact) mass is 452 g/mol. The topological polar surface area (TPSA) is 52.7 Å². The second kappa shape index (κ2) is 7.65. The smallest absolute Gasteiger partial charge is 0.356 e. The lowest BCUT2D eigenvalue weighted by Crippen LogP contribution is -2.17. The maximum atomic E-state index is 12.9. The van der Waals surface area contributed by atoms with Crippen LogP contribution in [-0.4, -0.2) is 23.1 Å². The number of anilines is 1. The van der Waals surface area contributed by atoms with E-state index < -0.39 is 11.1 Å². The fourth-order valence-corrected chi connectivity index (χ4v) is 4.91. The lowest BCUT2D eigenvalue weighted by molar-refractivity contribution is -0.134. The number of halogens is 4. The standard InChI is InChI=1S/C15H16BrF3N4S2/c1-8-11(25-13(12(8)16)15(17,18)19)5-20-3-2-4-21-14-22-9-6-24-7-10(9)23-14/h6-7,20H,2-5H2,1H3,(H2,21,22,23). The van der Waals surface area contributed by atoms with E-state index in [0.717, 1.165) is 41.3 Å². The maximum Gasteiger partial charge on any atom is 0.426 e. The predicted octanol–water partition coefficient (Wildman–Crippen LogP) is 5.37. The summed E-state index contributed by atoms with van der Waals surface area (Å²) >= 11 is 5.45. The van der Waals surface area contributed by atoms with Gasteiger partial charge in [-0.2, -0.15) is 13.2 Å². The van der Waals surface area contributed by atoms with Gasteiger partial charge in [-0.3, -0.25) is 0 Å². The lowest BCUT2D eigenvalue weighted by Gasteiger charge is -2.05. The zero-order chi connectivity index (χ0) is 18.0. The number of alkyl halides is 3. The minimum Gasteiger partial charge on any atom is -0.356 e. The molecule has 3 rings (SSSR count). The number of H-pyrrole nitrogens is 1. The summed E-state index contributed by atoms with van der Waals surface area (Å²) < 4.78 is 38.8. The van der Waals surface area contributed by atoms with Crippen molar-refractivity contribution in [3.05, 3.63) is 30.6 Å². The van der Waals surface area contributed by atoms with Crippen molar-refractivity contribution < 1.29 is 13.2 Å². The number of aromatic amines is 1. The van der Waals surface area contributed by atoms with E-state index in [9.17, 15) is 13.2 Å². The van der Waals surface area contributed by atoms with Crippen LogP contribution in [-0.2, 0) is 12.7 Å². The Morgan fingerprint density at radius 3 is 2.76 bits per heavy atom. The molecule has 3 N–H and O–H groups in total. The Bertz CT molecular complexity index is 824. The van der Waals surface area contributed by atoms with Crippen molar-refractivity contribution in [3.63, 3.8) is 0 Å². The van der Waals surface area contributed by atoms with E-state index in [1.165, 1.54) is 0 Å². The molecule has 3 aromatic heterocycles. The van der Waals surface area contributed by atoms with Gasteiger partial charge >= 0.3 is 6.18 Å². The molecule has 3 heterocycles. The average molecular weight is 453 g/mol. The number of rotatable bonds is 7. The molecule has 0 radical (unpaired) electrons. The van der Waals surface area contributed by atoms with Gasteiger partial charge in [0.1, 0.15) is 10.4 Å². The number of imidazole rings is 1. The first-order valence-electron chi connectivity index (χ1n) is 7.57. The summed E-state index contributed by atoms with van der Waals surface area (Å²) in [5.41, 5.74) is 2.62. The molecule has 0 unspecified atom stereocenters. The van der Waals surface area contributed by atoms with Gasteiger partial charge in [-0.15, -0.1) is 22.7 Å².